The van der Waals surface area contributed by atoms with Gasteiger partial charge in [0.15, 0.2) is 5.96 Å². The topological polar surface area (TPSA) is 45.6 Å². The second kappa shape index (κ2) is 11.5. The lowest BCUT2D eigenvalue weighted by Crippen LogP contribution is -2.42. The van der Waals surface area contributed by atoms with E-state index in [-0.39, 0.29) is 24.0 Å². The maximum Gasteiger partial charge on any atom is 0.191 e. The zero-order valence-electron chi connectivity index (χ0n) is 14.0. The van der Waals surface area contributed by atoms with Gasteiger partial charge in [-0.1, -0.05) is 43.3 Å². The number of hydrogen-bond acceptors (Lipinski definition) is 2. The van der Waals surface area contributed by atoms with Crippen LogP contribution in [-0.4, -0.2) is 25.7 Å². The normalized spacial score (nSPS) is 14.6. The first-order chi connectivity index (χ1) is 10.8. The fraction of sp³-hybridized carbons (Fsp3) is 0.500. The summed E-state index contributed by atoms with van der Waals surface area (Å²) in [5, 5.41) is 6.85. The Morgan fingerprint density at radius 2 is 1.91 bits per heavy atom. The number of nitrogens with zero attached hydrogens (tertiary/aromatic N) is 1. The Morgan fingerprint density at radius 3 is 2.57 bits per heavy atom. The number of nitrogens with one attached hydrogen (secondary N) is 2. The van der Waals surface area contributed by atoms with Crippen molar-refractivity contribution in [3.63, 3.8) is 0 Å². The van der Waals surface area contributed by atoms with E-state index in [9.17, 15) is 0 Å². The van der Waals surface area contributed by atoms with Gasteiger partial charge in [0.05, 0.1) is 6.61 Å². The molecule has 1 aromatic carbocycles. The van der Waals surface area contributed by atoms with Crippen molar-refractivity contribution in [1.29, 1.82) is 0 Å². The third-order valence-electron chi connectivity index (χ3n) is 3.74. The van der Waals surface area contributed by atoms with Crippen LogP contribution in [0.25, 0.3) is 0 Å². The Morgan fingerprint density at radius 1 is 1.22 bits per heavy atom. The number of guanidine groups is 1. The predicted octanol–water partition coefficient (Wildman–Crippen LogP) is 3.61. The standard InChI is InChI=1S/C18H27N3O.HI/c1-3-12-22-14-16-9-5-4-8-15(16)13-20-18(19-2)21-17-10-6-7-11-17;/h4-9,17H,3,10-14H2,1-2H3,(H2,19,20,21);1H. The van der Waals surface area contributed by atoms with Gasteiger partial charge in [0.1, 0.15) is 0 Å². The molecule has 0 aromatic heterocycles. The van der Waals surface area contributed by atoms with Crippen LogP contribution in [0.4, 0.5) is 0 Å². The van der Waals surface area contributed by atoms with Crippen molar-refractivity contribution in [1.82, 2.24) is 10.6 Å². The van der Waals surface area contributed by atoms with Gasteiger partial charge < -0.3 is 15.4 Å². The quantitative estimate of drug-likeness (QED) is 0.229. The number of hydrogen-bond donors (Lipinski definition) is 2. The highest BCUT2D eigenvalue weighted by Crippen LogP contribution is 2.11. The van der Waals surface area contributed by atoms with Crippen LogP contribution >= 0.6 is 24.0 Å². The lowest BCUT2D eigenvalue weighted by atomic mass is 10.1. The molecular weight excluding hydrogens is 401 g/mol. The van der Waals surface area contributed by atoms with Gasteiger partial charge in [0, 0.05) is 26.2 Å². The first-order valence-electron chi connectivity index (χ1n) is 8.10. The minimum absolute atomic E-state index is 0. The molecule has 4 nitrogen and oxygen atoms in total. The van der Waals surface area contributed by atoms with Crippen molar-refractivity contribution in [2.24, 2.45) is 4.99 Å². The molecule has 0 heterocycles. The molecule has 2 rings (SSSR count). The SMILES string of the molecule is CCCOCc1ccccc1CNC(=NC)NC1CC=CC1.I. The predicted molar refractivity (Wildman–Crippen MR) is 107 cm³/mol. The molecule has 0 aliphatic heterocycles. The Hall–Kier alpha value is -1.08. The molecule has 0 bridgehead atoms. The minimum Gasteiger partial charge on any atom is -0.377 e. The van der Waals surface area contributed by atoms with E-state index in [1.54, 1.807) is 0 Å². The van der Waals surface area contributed by atoms with Crippen LogP contribution in [0, 0.1) is 0 Å². The maximum absolute atomic E-state index is 5.67. The molecule has 1 aromatic rings. The smallest absolute Gasteiger partial charge is 0.191 e. The van der Waals surface area contributed by atoms with E-state index < -0.39 is 0 Å². The highest BCUT2D eigenvalue weighted by Gasteiger charge is 2.11. The summed E-state index contributed by atoms with van der Waals surface area (Å²) < 4.78 is 5.67. The first kappa shape index (κ1) is 20.0. The number of rotatable bonds is 7. The summed E-state index contributed by atoms with van der Waals surface area (Å²) >= 11 is 0. The molecule has 5 heteroatoms. The van der Waals surface area contributed by atoms with E-state index in [2.05, 4.69) is 59.0 Å². The number of halogens is 1. The molecule has 0 fully saturated rings. The maximum atomic E-state index is 5.67. The molecule has 0 saturated heterocycles. The van der Waals surface area contributed by atoms with E-state index in [0.717, 1.165) is 38.4 Å². The van der Waals surface area contributed by atoms with Crippen molar-refractivity contribution in [2.75, 3.05) is 13.7 Å². The molecule has 1 aliphatic carbocycles. The van der Waals surface area contributed by atoms with Gasteiger partial charge in [-0.25, -0.2) is 0 Å². The van der Waals surface area contributed by atoms with Crippen molar-refractivity contribution >= 4 is 29.9 Å². The van der Waals surface area contributed by atoms with Crippen LogP contribution in [0.3, 0.4) is 0 Å². The lowest BCUT2D eigenvalue weighted by Gasteiger charge is -2.18. The first-order valence-corrected chi connectivity index (χ1v) is 8.10. The van der Waals surface area contributed by atoms with Gasteiger partial charge >= 0.3 is 0 Å². The summed E-state index contributed by atoms with van der Waals surface area (Å²) in [6.07, 6.45) is 7.62. The Labute approximate surface area is 156 Å². The van der Waals surface area contributed by atoms with E-state index in [4.69, 9.17) is 4.74 Å². The molecule has 0 amide bonds. The van der Waals surface area contributed by atoms with Crippen molar-refractivity contribution in [2.45, 2.75) is 45.4 Å². The average molecular weight is 429 g/mol. The summed E-state index contributed by atoms with van der Waals surface area (Å²) in [4.78, 5) is 4.31. The third kappa shape index (κ3) is 6.91. The molecule has 23 heavy (non-hydrogen) atoms. The molecule has 0 radical (unpaired) electrons. The monoisotopic (exact) mass is 429 g/mol. The number of ether oxygens (including phenoxy) is 1. The largest absolute Gasteiger partial charge is 0.377 e. The highest BCUT2D eigenvalue weighted by molar-refractivity contribution is 14.0. The fourth-order valence-electron chi connectivity index (χ4n) is 2.50. The van der Waals surface area contributed by atoms with Gasteiger partial charge in [-0.2, -0.15) is 0 Å². The van der Waals surface area contributed by atoms with Crippen LogP contribution in [0.2, 0.25) is 0 Å². The van der Waals surface area contributed by atoms with Crippen LogP contribution in [0.1, 0.15) is 37.3 Å². The Kier molecular flexibility index (Phi) is 9.94. The molecule has 0 atom stereocenters. The summed E-state index contributed by atoms with van der Waals surface area (Å²) in [5.41, 5.74) is 2.49. The van der Waals surface area contributed by atoms with Gasteiger partial charge in [-0.05, 0) is 30.4 Å². The van der Waals surface area contributed by atoms with Gasteiger partial charge in [0.2, 0.25) is 0 Å². The van der Waals surface area contributed by atoms with Crippen LogP contribution in [0.5, 0.6) is 0 Å². The molecule has 0 spiro atoms. The van der Waals surface area contributed by atoms with Gasteiger partial charge in [-0.3, -0.25) is 4.99 Å². The van der Waals surface area contributed by atoms with E-state index in [1.165, 1.54) is 11.1 Å². The van der Waals surface area contributed by atoms with Crippen molar-refractivity contribution < 1.29 is 4.74 Å². The minimum atomic E-state index is 0. The van der Waals surface area contributed by atoms with E-state index in [1.807, 2.05) is 7.05 Å². The van der Waals surface area contributed by atoms with Crippen molar-refractivity contribution in [3.8, 4) is 0 Å². The highest BCUT2D eigenvalue weighted by atomic mass is 127. The third-order valence-corrected chi connectivity index (χ3v) is 3.74. The lowest BCUT2D eigenvalue weighted by molar-refractivity contribution is 0.121. The molecular formula is C18H28IN3O. The molecule has 128 valence electrons. The molecule has 0 saturated carbocycles. The van der Waals surface area contributed by atoms with Crippen LogP contribution in [0.15, 0.2) is 41.4 Å². The second-order valence-corrected chi connectivity index (χ2v) is 5.53. The summed E-state index contributed by atoms with van der Waals surface area (Å²) in [5.74, 6) is 0.859. The van der Waals surface area contributed by atoms with Gasteiger partial charge in [0.25, 0.3) is 0 Å². The Balaban J connectivity index is 0.00000264. The fourth-order valence-corrected chi connectivity index (χ4v) is 2.50. The van der Waals surface area contributed by atoms with E-state index in [0.29, 0.717) is 12.6 Å². The number of aliphatic imine (C=N–C) groups is 1. The Bertz CT molecular complexity index is 509. The van der Waals surface area contributed by atoms with E-state index >= 15 is 0 Å². The van der Waals surface area contributed by atoms with Crippen LogP contribution in [-0.2, 0) is 17.9 Å². The van der Waals surface area contributed by atoms with Gasteiger partial charge in [-0.15, -0.1) is 24.0 Å². The average Bonchev–Trinajstić information content (AvgIpc) is 3.06. The second-order valence-electron chi connectivity index (χ2n) is 5.53. The van der Waals surface area contributed by atoms with Crippen molar-refractivity contribution in [3.05, 3.63) is 47.5 Å². The summed E-state index contributed by atoms with van der Waals surface area (Å²) in [7, 11) is 1.81. The zero-order valence-corrected chi connectivity index (χ0v) is 16.4. The molecule has 0 unspecified atom stereocenters. The summed E-state index contributed by atoms with van der Waals surface area (Å²) in [6.45, 7) is 4.36. The van der Waals surface area contributed by atoms with Crippen LogP contribution < -0.4 is 10.6 Å². The molecule has 2 N–H and O–H groups in total. The number of benzene rings is 1. The zero-order chi connectivity index (χ0) is 15.6. The molecule has 1 aliphatic rings. The summed E-state index contributed by atoms with van der Waals surface area (Å²) in [6, 6.07) is 8.86.